The summed E-state index contributed by atoms with van der Waals surface area (Å²) in [7, 11) is 1.84. The van der Waals surface area contributed by atoms with E-state index in [-0.39, 0.29) is 29.8 Å². The highest BCUT2D eigenvalue weighted by atomic mass is 19.1. The third kappa shape index (κ3) is 3.90. The van der Waals surface area contributed by atoms with Crippen molar-refractivity contribution >= 4 is 5.91 Å². The number of carbonyl (C=O) groups excluding carboxylic acids is 1. The Hall–Kier alpha value is -2.40. The highest BCUT2D eigenvalue weighted by molar-refractivity contribution is 5.78. The number of hydrogen-bond donors (Lipinski definition) is 1. The van der Waals surface area contributed by atoms with Crippen LogP contribution >= 0.6 is 0 Å². The summed E-state index contributed by atoms with van der Waals surface area (Å²) in [6.07, 6.45) is 3.69. The van der Waals surface area contributed by atoms with Gasteiger partial charge in [0.15, 0.2) is 0 Å². The number of nitrogens with one attached hydrogen (secondary N) is 1. The highest BCUT2D eigenvalue weighted by Crippen LogP contribution is 2.37. The number of halogens is 1. The molecule has 1 saturated carbocycles. The Morgan fingerprint density at radius 2 is 1.89 bits per heavy atom. The zero-order valence-corrected chi connectivity index (χ0v) is 16.3. The average molecular weight is 382 g/mol. The molecule has 2 aromatic carbocycles. The van der Waals surface area contributed by atoms with Gasteiger partial charge in [-0.1, -0.05) is 36.4 Å². The predicted molar refractivity (Wildman–Crippen MR) is 107 cm³/mol. The van der Waals surface area contributed by atoms with E-state index in [0.717, 1.165) is 44.5 Å². The van der Waals surface area contributed by atoms with Crippen LogP contribution in [0.25, 0.3) is 0 Å². The van der Waals surface area contributed by atoms with E-state index in [1.165, 1.54) is 11.6 Å². The maximum Gasteiger partial charge on any atom is 0.227 e. The molecule has 0 aromatic heterocycles. The van der Waals surface area contributed by atoms with Gasteiger partial charge in [-0.3, -0.25) is 4.79 Å². The van der Waals surface area contributed by atoms with Gasteiger partial charge in [0.1, 0.15) is 17.2 Å². The second kappa shape index (κ2) is 7.92. The van der Waals surface area contributed by atoms with Crippen molar-refractivity contribution in [3.63, 3.8) is 0 Å². The van der Waals surface area contributed by atoms with E-state index >= 15 is 0 Å². The minimum atomic E-state index is -0.316. The number of rotatable bonds is 3. The smallest absolute Gasteiger partial charge is 0.227 e. The number of likely N-dealkylation sites (N-methyl/N-ethyl adjacent to an activating group) is 1. The maximum absolute atomic E-state index is 13.9. The Morgan fingerprint density at radius 3 is 2.68 bits per heavy atom. The minimum absolute atomic E-state index is 0.0312. The zero-order valence-electron chi connectivity index (χ0n) is 16.3. The summed E-state index contributed by atoms with van der Waals surface area (Å²) in [4.78, 5) is 14.5. The van der Waals surface area contributed by atoms with Crippen molar-refractivity contribution in [2.24, 2.45) is 0 Å². The third-order valence-electron chi connectivity index (χ3n) is 6.17. The summed E-state index contributed by atoms with van der Waals surface area (Å²) in [5, 5.41) is 3.52. The summed E-state index contributed by atoms with van der Waals surface area (Å²) in [5.74, 6) is 0.620. The molecule has 1 spiro atoms. The lowest BCUT2D eigenvalue weighted by Gasteiger charge is -2.42. The monoisotopic (exact) mass is 382 g/mol. The topological polar surface area (TPSA) is 41.6 Å². The molecule has 1 aliphatic carbocycles. The van der Waals surface area contributed by atoms with Crippen LogP contribution in [0.3, 0.4) is 0 Å². The highest BCUT2D eigenvalue weighted by Gasteiger charge is 2.40. The van der Waals surface area contributed by atoms with Crippen molar-refractivity contribution in [1.82, 2.24) is 10.2 Å². The predicted octanol–water partition coefficient (Wildman–Crippen LogP) is 3.69. The largest absolute Gasteiger partial charge is 0.486 e. The molecular formula is C23H27FN2O2. The molecule has 1 fully saturated rings. The van der Waals surface area contributed by atoms with Crippen molar-refractivity contribution in [1.29, 1.82) is 0 Å². The van der Waals surface area contributed by atoms with Crippen LogP contribution in [-0.2, 0) is 17.8 Å². The van der Waals surface area contributed by atoms with Gasteiger partial charge in [-0.25, -0.2) is 4.39 Å². The van der Waals surface area contributed by atoms with Gasteiger partial charge >= 0.3 is 0 Å². The molecule has 0 saturated heterocycles. The fourth-order valence-electron chi connectivity index (χ4n) is 4.37. The molecule has 4 nitrogen and oxygen atoms in total. The Kier molecular flexibility index (Phi) is 5.36. The lowest BCUT2D eigenvalue weighted by atomic mass is 9.81. The number of carbonyl (C=O) groups is 1. The molecule has 0 unspecified atom stereocenters. The van der Waals surface area contributed by atoms with Gasteiger partial charge in [-0.2, -0.15) is 0 Å². The van der Waals surface area contributed by atoms with Crippen LogP contribution in [0.2, 0.25) is 0 Å². The number of amides is 1. The SMILES string of the molecule is CN(C(=O)Cc1ccccc1F)C1CCC2(CC1)CNCc1ccccc1O2. The summed E-state index contributed by atoms with van der Waals surface area (Å²) in [5.41, 5.74) is 1.44. The number of nitrogens with zero attached hydrogens (tertiary/aromatic N) is 1. The van der Waals surface area contributed by atoms with E-state index in [4.69, 9.17) is 4.74 Å². The van der Waals surface area contributed by atoms with Gasteiger partial charge in [-0.05, 0) is 43.4 Å². The summed E-state index contributed by atoms with van der Waals surface area (Å²) in [6, 6.07) is 14.9. The van der Waals surface area contributed by atoms with Gasteiger partial charge in [0.2, 0.25) is 5.91 Å². The van der Waals surface area contributed by atoms with Crippen molar-refractivity contribution in [3.8, 4) is 5.75 Å². The Bertz CT molecular complexity index is 846. The van der Waals surface area contributed by atoms with Crippen molar-refractivity contribution in [2.45, 2.75) is 50.3 Å². The van der Waals surface area contributed by atoms with E-state index < -0.39 is 0 Å². The minimum Gasteiger partial charge on any atom is -0.486 e. The fraction of sp³-hybridized carbons (Fsp3) is 0.435. The second-order valence-corrected chi connectivity index (χ2v) is 8.00. The summed E-state index contributed by atoms with van der Waals surface area (Å²) >= 11 is 0. The summed E-state index contributed by atoms with van der Waals surface area (Å²) in [6.45, 7) is 1.64. The molecule has 5 heteroatoms. The number of fused-ring (bicyclic) bond motifs is 1. The van der Waals surface area contributed by atoms with E-state index in [1.54, 1.807) is 23.1 Å². The Morgan fingerprint density at radius 1 is 1.18 bits per heavy atom. The van der Waals surface area contributed by atoms with Crippen LogP contribution in [0.15, 0.2) is 48.5 Å². The molecule has 1 aliphatic heterocycles. The van der Waals surface area contributed by atoms with Gasteiger partial charge in [0.05, 0.1) is 6.42 Å². The Balaban J connectivity index is 1.38. The lowest BCUT2D eigenvalue weighted by Crippen LogP contribution is -2.51. The van der Waals surface area contributed by atoms with E-state index in [0.29, 0.717) is 5.56 Å². The number of ether oxygens (including phenoxy) is 1. The maximum atomic E-state index is 13.9. The number of para-hydroxylation sites is 1. The first-order valence-corrected chi connectivity index (χ1v) is 10.0. The van der Waals surface area contributed by atoms with Gasteiger partial charge in [0.25, 0.3) is 0 Å². The quantitative estimate of drug-likeness (QED) is 0.880. The van der Waals surface area contributed by atoms with Crippen LogP contribution in [0.4, 0.5) is 4.39 Å². The molecule has 1 N–H and O–H groups in total. The molecule has 4 rings (SSSR count). The zero-order chi connectivity index (χ0) is 19.6. The van der Waals surface area contributed by atoms with E-state index in [9.17, 15) is 9.18 Å². The van der Waals surface area contributed by atoms with E-state index in [2.05, 4.69) is 11.4 Å². The molecule has 0 atom stereocenters. The average Bonchev–Trinajstić information content (AvgIpc) is 2.88. The molecule has 0 bridgehead atoms. The van der Waals surface area contributed by atoms with Crippen molar-refractivity contribution in [3.05, 3.63) is 65.5 Å². The van der Waals surface area contributed by atoms with Crippen LogP contribution in [0.1, 0.15) is 36.8 Å². The van der Waals surface area contributed by atoms with Gasteiger partial charge < -0.3 is 15.0 Å². The Labute approximate surface area is 165 Å². The molecular weight excluding hydrogens is 355 g/mol. The number of benzene rings is 2. The molecule has 2 aromatic rings. The molecule has 148 valence electrons. The first-order valence-electron chi connectivity index (χ1n) is 10.0. The number of hydrogen-bond acceptors (Lipinski definition) is 3. The van der Waals surface area contributed by atoms with Crippen LogP contribution in [0.5, 0.6) is 5.75 Å². The third-order valence-corrected chi connectivity index (χ3v) is 6.17. The van der Waals surface area contributed by atoms with Crippen LogP contribution in [-0.4, -0.2) is 36.0 Å². The van der Waals surface area contributed by atoms with Crippen molar-refractivity contribution < 1.29 is 13.9 Å². The molecule has 0 radical (unpaired) electrons. The normalized spacial score (nSPS) is 24.1. The lowest BCUT2D eigenvalue weighted by molar-refractivity contribution is -0.132. The van der Waals surface area contributed by atoms with Gasteiger partial charge in [0, 0.05) is 31.7 Å². The molecule has 1 heterocycles. The van der Waals surface area contributed by atoms with Crippen molar-refractivity contribution in [2.75, 3.05) is 13.6 Å². The summed E-state index contributed by atoms with van der Waals surface area (Å²) < 4.78 is 20.3. The van der Waals surface area contributed by atoms with Crippen LogP contribution < -0.4 is 10.1 Å². The van der Waals surface area contributed by atoms with Gasteiger partial charge in [-0.15, -0.1) is 0 Å². The van der Waals surface area contributed by atoms with E-state index in [1.807, 2.05) is 25.2 Å². The first-order chi connectivity index (χ1) is 13.6. The molecule has 1 amide bonds. The van der Waals surface area contributed by atoms with Crippen LogP contribution in [0, 0.1) is 5.82 Å². The first kappa shape index (κ1) is 18.9. The molecule has 2 aliphatic rings. The standard InChI is InChI=1S/C23H27FN2O2/c1-26(22(27)14-17-6-2-4-8-20(17)24)19-10-12-23(13-11-19)16-25-15-18-7-3-5-9-21(18)28-23/h2-9,19,25H,10-16H2,1H3. The molecule has 28 heavy (non-hydrogen) atoms. The second-order valence-electron chi connectivity index (χ2n) is 8.00. The fourth-order valence-corrected chi connectivity index (χ4v) is 4.37.